The molecule has 16 heavy (non-hydrogen) atoms. The van der Waals surface area contributed by atoms with Gasteiger partial charge in [0.15, 0.2) is 0 Å². The van der Waals surface area contributed by atoms with Crippen LogP contribution in [0.3, 0.4) is 0 Å². The van der Waals surface area contributed by atoms with Gasteiger partial charge in [0.25, 0.3) is 0 Å². The Morgan fingerprint density at radius 2 is 2.12 bits per heavy atom. The number of methoxy groups -OCH3 is 1. The van der Waals surface area contributed by atoms with Crippen molar-refractivity contribution in [3.05, 3.63) is 30.0 Å². The first kappa shape index (κ1) is 10.5. The van der Waals surface area contributed by atoms with Crippen LogP contribution in [0.4, 0.5) is 5.88 Å². The van der Waals surface area contributed by atoms with Gasteiger partial charge in [-0.1, -0.05) is 30.3 Å². The average Bonchev–Trinajstić information content (AvgIpc) is 2.70. The van der Waals surface area contributed by atoms with Gasteiger partial charge in [-0.25, -0.2) is 0 Å². The number of ether oxygens (including phenoxy) is 1. The van der Waals surface area contributed by atoms with Crippen LogP contribution in [0.15, 0.2) is 28.8 Å². The lowest BCUT2D eigenvalue weighted by molar-refractivity contribution is 0.416. The Morgan fingerprint density at radius 1 is 1.38 bits per heavy atom. The van der Waals surface area contributed by atoms with Gasteiger partial charge in [-0.2, -0.15) is 0 Å². The summed E-state index contributed by atoms with van der Waals surface area (Å²) in [5.74, 6) is 1.11. The van der Waals surface area contributed by atoms with Gasteiger partial charge in [0.1, 0.15) is 5.75 Å². The number of para-hydroxylation sites is 1. The van der Waals surface area contributed by atoms with Crippen LogP contribution >= 0.6 is 0 Å². The predicted octanol–water partition coefficient (Wildman–Crippen LogP) is 2.49. The molecule has 0 aliphatic rings. The molecule has 1 heterocycles. The highest BCUT2D eigenvalue weighted by atomic mass is 16.5. The van der Waals surface area contributed by atoms with E-state index in [1.54, 1.807) is 7.11 Å². The number of aromatic nitrogens is 1. The van der Waals surface area contributed by atoms with Crippen molar-refractivity contribution in [2.75, 3.05) is 12.8 Å². The van der Waals surface area contributed by atoms with E-state index in [1.807, 2.05) is 31.2 Å². The minimum Gasteiger partial charge on any atom is -0.496 e. The number of hydrogen-bond donors (Lipinski definition) is 1. The molecule has 0 saturated heterocycles. The molecule has 1 aromatic heterocycles. The zero-order valence-corrected chi connectivity index (χ0v) is 9.36. The van der Waals surface area contributed by atoms with E-state index in [2.05, 4.69) is 5.16 Å². The average molecular weight is 218 g/mol. The van der Waals surface area contributed by atoms with E-state index in [1.165, 1.54) is 0 Å². The van der Waals surface area contributed by atoms with Crippen LogP contribution < -0.4 is 10.5 Å². The molecular weight excluding hydrogens is 204 g/mol. The van der Waals surface area contributed by atoms with Crippen molar-refractivity contribution in [3.63, 3.8) is 0 Å². The smallest absolute Gasteiger partial charge is 0.230 e. The largest absolute Gasteiger partial charge is 0.496 e. The van der Waals surface area contributed by atoms with E-state index in [4.69, 9.17) is 15.0 Å². The molecule has 0 amide bonds. The van der Waals surface area contributed by atoms with Crippen LogP contribution in [-0.4, -0.2) is 12.3 Å². The number of aryl methyl sites for hydroxylation is 1. The second-order valence-electron chi connectivity index (χ2n) is 3.42. The topological polar surface area (TPSA) is 61.3 Å². The zero-order valence-electron chi connectivity index (χ0n) is 9.36. The standard InChI is InChI=1S/C12H14N2O2/c1-3-9-11(12(13)16-14-9)8-6-4-5-7-10(8)15-2/h4-7H,3,13H2,1-2H3. The summed E-state index contributed by atoms with van der Waals surface area (Å²) in [6, 6.07) is 7.68. The summed E-state index contributed by atoms with van der Waals surface area (Å²) in [6.45, 7) is 2.01. The fourth-order valence-electron chi connectivity index (χ4n) is 1.72. The molecule has 1 aromatic carbocycles. The van der Waals surface area contributed by atoms with Crippen LogP contribution in [0.25, 0.3) is 11.1 Å². The highest BCUT2D eigenvalue weighted by molar-refractivity contribution is 5.79. The number of nitrogens with zero attached hydrogens (tertiary/aromatic N) is 1. The van der Waals surface area contributed by atoms with Gasteiger partial charge in [-0.15, -0.1) is 0 Å². The van der Waals surface area contributed by atoms with Gasteiger partial charge in [0, 0.05) is 5.56 Å². The fraction of sp³-hybridized carbons (Fsp3) is 0.250. The fourth-order valence-corrected chi connectivity index (χ4v) is 1.72. The summed E-state index contributed by atoms with van der Waals surface area (Å²) >= 11 is 0. The quantitative estimate of drug-likeness (QED) is 0.859. The van der Waals surface area contributed by atoms with Gasteiger partial charge >= 0.3 is 0 Å². The highest BCUT2D eigenvalue weighted by Gasteiger charge is 2.17. The molecular formula is C12H14N2O2. The van der Waals surface area contributed by atoms with Crippen molar-refractivity contribution in [2.24, 2.45) is 0 Å². The van der Waals surface area contributed by atoms with Crippen molar-refractivity contribution in [1.82, 2.24) is 5.16 Å². The summed E-state index contributed by atoms with van der Waals surface area (Å²) in [7, 11) is 1.63. The van der Waals surface area contributed by atoms with E-state index < -0.39 is 0 Å². The van der Waals surface area contributed by atoms with E-state index in [0.29, 0.717) is 5.88 Å². The third-order valence-corrected chi connectivity index (χ3v) is 2.50. The van der Waals surface area contributed by atoms with Gasteiger partial charge in [-0.3, -0.25) is 0 Å². The second kappa shape index (κ2) is 4.26. The number of hydrogen-bond acceptors (Lipinski definition) is 4. The summed E-state index contributed by atoms with van der Waals surface area (Å²) in [5, 5.41) is 3.93. The van der Waals surface area contributed by atoms with Gasteiger partial charge < -0.3 is 15.0 Å². The molecule has 0 aliphatic carbocycles. The minimum absolute atomic E-state index is 0.335. The van der Waals surface area contributed by atoms with E-state index in [0.717, 1.165) is 29.0 Å². The van der Waals surface area contributed by atoms with Crippen LogP contribution in [0.2, 0.25) is 0 Å². The number of nitrogens with two attached hydrogens (primary N) is 1. The van der Waals surface area contributed by atoms with Gasteiger partial charge in [0.2, 0.25) is 5.88 Å². The van der Waals surface area contributed by atoms with Crippen LogP contribution in [0.1, 0.15) is 12.6 Å². The molecule has 0 aliphatic heterocycles. The Kier molecular flexibility index (Phi) is 2.81. The number of benzene rings is 1. The molecule has 2 N–H and O–H groups in total. The van der Waals surface area contributed by atoms with Crippen molar-refractivity contribution >= 4 is 5.88 Å². The Labute approximate surface area is 94.0 Å². The number of anilines is 1. The molecule has 2 rings (SSSR count). The normalized spacial score (nSPS) is 10.4. The van der Waals surface area contributed by atoms with Crippen molar-refractivity contribution in [2.45, 2.75) is 13.3 Å². The first-order valence-electron chi connectivity index (χ1n) is 5.15. The molecule has 0 bridgehead atoms. The lowest BCUT2D eigenvalue weighted by atomic mass is 10.0. The molecule has 0 spiro atoms. The van der Waals surface area contributed by atoms with Gasteiger partial charge in [-0.05, 0) is 12.5 Å². The third-order valence-electron chi connectivity index (χ3n) is 2.50. The van der Waals surface area contributed by atoms with E-state index in [9.17, 15) is 0 Å². The molecule has 4 heteroatoms. The zero-order chi connectivity index (χ0) is 11.5. The van der Waals surface area contributed by atoms with Crippen molar-refractivity contribution in [1.29, 1.82) is 0 Å². The van der Waals surface area contributed by atoms with E-state index in [-0.39, 0.29) is 0 Å². The predicted molar refractivity (Wildman–Crippen MR) is 62.3 cm³/mol. The van der Waals surface area contributed by atoms with Crippen LogP contribution in [0.5, 0.6) is 5.75 Å². The molecule has 2 aromatic rings. The maximum absolute atomic E-state index is 5.79. The lowest BCUT2D eigenvalue weighted by Crippen LogP contribution is -1.92. The molecule has 84 valence electrons. The molecule has 0 saturated carbocycles. The molecule has 0 radical (unpaired) electrons. The van der Waals surface area contributed by atoms with Crippen LogP contribution in [-0.2, 0) is 6.42 Å². The summed E-state index contributed by atoms with van der Waals surface area (Å²) in [6.07, 6.45) is 0.772. The SMILES string of the molecule is CCc1noc(N)c1-c1ccccc1OC. The molecule has 0 unspecified atom stereocenters. The Hall–Kier alpha value is -1.97. The lowest BCUT2D eigenvalue weighted by Gasteiger charge is -2.07. The summed E-state index contributed by atoms with van der Waals surface area (Å²) in [4.78, 5) is 0. The Morgan fingerprint density at radius 3 is 2.81 bits per heavy atom. The monoisotopic (exact) mass is 218 g/mol. The Balaban J connectivity index is 2.61. The maximum Gasteiger partial charge on any atom is 0.230 e. The Bertz CT molecular complexity index is 492. The van der Waals surface area contributed by atoms with Crippen LogP contribution in [0, 0.1) is 0 Å². The maximum atomic E-state index is 5.79. The minimum atomic E-state index is 0.335. The highest BCUT2D eigenvalue weighted by Crippen LogP contribution is 2.36. The third kappa shape index (κ3) is 1.62. The molecule has 0 fully saturated rings. The van der Waals surface area contributed by atoms with Crippen molar-refractivity contribution in [3.8, 4) is 16.9 Å². The summed E-state index contributed by atoms with van der Waals surface area (Å²) in [5.41, 5.74) is 8.39. The van der Waals surface area contributed by atoms with E-state index >= 15 is 0 Å². The summed E-state index contributed by atoms with van der Waals surface area (Å²) < 4.78 is 10.3. The first-order chi connectivity index (χ1) is 7.77. The first-order valence-corrected chi connectivity index (χ1v) is 5.15. The van der Waals surface area contributed by atoms with Gasteiger partial charge in [0.05, 0.1) is 18.4 Å². The molecule has 0 atom stereocenters. The number of rotatable bonds is 3. The van der Waals surface area contributed by atoms with Crippen molar-refractivity contribution < 1.29 is 9.26 Å². The molecule has 4 nitrogen and oxygen atoms in total. The second-order valence-corrected chi connectivity index (χ2v) is 3.42. The number of nitrogen functional groups attached to an aromatic ring is 1.